The lowest BCUT2D eigenvalue weighted by atomic mass is 9.98. The van der Waals surface area contributed by atoms with Crippen molar-refractivity contribution in [2.75, 3.05) is 57.5 Å². The van der Waals surface area contributed by atoms with Crippen LogP contribution in [-0.4, -0.2) is 91.5 Å². The molecule has 9 heteroatoms. The monoisotopic (exact) mass is 659 g/mol. The lowest BCUT2D eigenvalue weighted by molar-refractivity contribution is 0.0266. The van der Waals surface area contributed by atoms with Crippen molar-refractivity contribution in [1.29, 1.82) is 0 Å². The van der Waals surface area contributed by atoms with Gasteiger partial charge in [-0.1, -0.05) is 63.1 Å². The number of allylic oxidation sites excluding steroid dienone is 3. The largest absolute Gasteiger partial charge is 0.403 e. The summed E-state index contributed by atoms with van der Waals surface area (Å²) in [6.07, 6.45) is 21.8. The summed E-state index contributed by atoms with van der Waals surface area (Å²) in [5.41, 5.74) is 11.6. The molecule has 0 aromatic heterocycles. The lowest BCUT2D eigenvalue weighted by Crippen LogP contribution is -2.48. The van der Waals surface area contributed by atoms with Crippen LogP contribution in [0, 0.1) is 6.92 Å². The van der Waals surface area contributed by atoms with E-state index >= 15 is 0 Å². The SMILES string of the molecule is C=NC1=C(C(=NCOCC2(C)CCCN2CCCCC)N2CCC(N(N)/C=C\N)CC2)CCN(c2cccc(/C=C\C=C\CC)c2C)C1. The molecule has 2 saturated heterocycles. The maximum absolute atomic E-state index is 6.40. The summed E-state index contributed by atoms with van der Waals surface area (Å²) in [5, 5.41) is 1.74. The number of rotatable bonds is 16. The second-order valence-electron chi connectivity index (χ2n) is 13.7. The average Bonchev–Trinajstić information content (AvgIpc) is 3.47. The van der Waals surface area contributed by atoms with Crippen molar-refractivity contribution in [3.05, 3.63) is 71.2 Å². The topological polar surface area (TPSA) is 99.0 Å². The molecule has 0 spiro atoms. The summed E-state index contributed by atoms with van der Waals surface area (Å²) in [7, 11) is 0. The van der Waals surface area contributed by atoms with Crippen LogP contribution in [0.25, 0.3) is 6.08 Å². The van der Waals surface area contributed by atoms with Crippen LogP contribution in [0.2, 0.25) is 0 Å². The Balaban J connectivity index is 1.53. The van der Waals surface area contributed by atoms with Crippen molar-refractivity contribution >= 4 is 24.3 Å². The van der Waals surface area contributed by atoms with E-state index in [9.17, 15) is 0 Å². The molecule has 0 saturated carbocycles. The molecule has 0 amide bonds. The smallest absolute Gasteiger partial charge is 0.139 e. The molecule has 0 bridgehead atoms. The van der Waals surface area contributed by atoms with E-state index in [0.29, 0.717) is 19.9 Å². The molecule has 264 valence electrons. The third-order valence-electron chi connectivity index (χ3n) is 10.3. The predicted octanol–water partition coefficient (Wildman–Crippen LogP) is 6.63. The molecule has 3 aliphatic heterocycles. The summed E-state index contributed by atoms with van der Waals surface area (Å²) in [6.45, 7) is 19.7. The Kier molecular flexibility index (Phi) is 14.8. The molecule has 0 aliphatic carbocycles. The summed E-state index contributed by atoms with van der Waals surface area (Å²) in [6, 6.07) is 6.80. The molecule has 3 aliphatic rings. The number of anilines is 1. The van der Waals surface area contributed by atoms with Gasteiger partial charge in [0.2, 0.25) is 0 Å². The highest BCUT2D eigenvalue weighted by Crippen LogP contribution is 2.32. The first kappa shape index (κ1) is 37.4. The van der Waals surface area contributed by atoms with E-state index in [0.717, 1.165) is 69.9 Å². The summed E-state index contributed by atoms with van der Waals surface area (Å²) < 4.78 is 6.40. The number of piperidine rings is 1. The van der Waals surface area contributed by atoms with Gasteiger partial charge in [0.05, 0.1) is 18.8 Å². The van der Waals surface area contributed by atoms with Gasteiger partial charge in [-0.15, -0.1) is 0 Å². The van der Waals surface area contributed by atoms with Crippen molar-refractivity contribution in [2.45, 2.75) is 97.1 Å². The van der Waals surface area contributed by atoms with Crippen molar-refractivity contribution < 1.29 is 4.74 Å². The number of benzene rings is 1. The molecule has 4 N–H and O–H groups in total. The zero-order valence-corrected chi connectivity index (χ0v) is 30.2. The van der Waals surface area contributed by atoms with Crippen molar-refractivity contribution in [2.24, 2.45) is 21.6 Å². The Labute approximate surface area is 290 Å². The van der Waals surface area contributed by atoms with E-state index in [-0.39, 0.29) is 11.6 Å². The molecule has 1 aromatic carbocycles. The molecule has 1 aromatic rings. The van der Waals surface area contributed by atoms with Gasteiger partial charge in [-0.25, -0.2) is 10.8 Å². The number of ether oxygens (including phenoxy) is 1. The van der Waals surface area contributed by atoms with Crippen molar-refractivity contribution in [3.8, 4) is 0 Å². The fourth-order valence-electron chi connectivity index (χ4n) is 7.41. The highest BCUT2D eigenvalue weighted by atomic mass is 16.5. The summed E-state index contributed by atoms with van der Waals surface area (Å²) in [5.74, 6) is 7.27. The molecule has 48 heavy (non-hydrogen) atoms. The Morgan fingerprint density at radius 1 is 1.15 bits per heavy atom. The van der Waals surface area contributed by atoms with Crippen molar-refractivity contribution in [3.63, 3.8) is 0 Å². The zero-order valence-electron chi connectivity index (χ0n) is 30.2. The second-order valence-corrected chi connectivity index (χ2v) is 13.7. The predicted molar refractivity (Wildman–Crippen MR) is 204 cm³/mol. The first-order valence-electron chi connectivity index (χ1n) is 18.3. The third-order valence-corrected chi connectivity index (χ3v) is 10.3. The minimum absolute atomic E-state index is 0.0785. The number of likely N-dealkylation sites (tertiary alicyclic amines) is 2. The van der Waals surface area contributed by atoms with Crippen LogP contribution in [0.5, 0.6) is 0 Å². The Hall–Kier alpha value is -3.40. The van der Waals surface area contributed by atoms with E-state index in [1.165, 1.54) is 60.7 Å². The van der Waals surface area contributed by atoms with Crippen LogP contribution in [0.1, 0.15) is 89.7 Å². The van der Waals surface area contributed by atoms with Gasteiger partial charge < -0.3 is 25.3 Å². The minimum Gasteiger partial charge on any atom is -0.403 e. The first-order chi connectivity index (χ1) is 23.3. The van der Waals surface area contributed by atoms with Crippen LogP contribution in [0.4, 0.5) is 5.69 Å². The molecule has 9 nitrogen and oxygen atoms in total. The molecular formula is C39H62N8O. The highest BCUT2D eigenvalue weighted by Gasteiger charge is 2.36. The number of hydrogen-bond acceptors (Lipinski definition) is 8. The van der Waals surface area contributed by atoms with Gasteiger partial charge in [0, 0.05) is 54.9 Å². The van der Waals surface area contributed by atoms with Crippen molar-refractivity contribution in [1.82, 2.24) is 14.8 Å². The van der Waals surface area contributed by atoms with Gasteiger partial charge >= 0.3 is 0 Å². The molecular weight excluding hydrogens is 596 g/mol. The van der Waals surface area contributed by atoms with Gasteiger partial charge in [0.15, 0.2) is 0 Å². The van der Waals surface area contributed by atoms with Crippen LogP contribution in [-0.2, 0) is 4.74 Å². The van der Waals surface area contributed by atoms with E-state index in [1.54, 1.807) is 11.2 Å². The number of nitrogens with zero attached hydrogens (tertiary/aromatic N) is 6. The van der Waals surface area contributed by atoms with Gasteiger partial charge in [-0.05, 0) is 95.8 Å². The van der Waals surface area contributed by atoms with E-state index in [4.69, 9.17) is 21.3 Å². The number of hydrazine groups is 1. The average molecular weight is 659 g/mol. The molecule has 4 rings (SSSR count). The number of hydrogen-bond donors (Lipinski definition) is 2. The van der Waals surface area contributed by atoms with Gasteiger partial charge in [0.25, 0.3) is 0 Å². The molecule has 3 heterocycles. The standard InChI is InChI=1S/C39H62N8O/c1-6-8-10-11-15-33-16-13-17-37(32(33)3)45-27-20-35(36(29-45)42-5)38(44-25-18-34(19-26-44)47(41)28-22-40)43-31-48-30-39(4)21-14-24-46(39)23-12-9-7-2/h8,10-11,13,15-17,22,28,34H,5-7,9,12,14,18-21,23-27,29-31,40-41H2,1-4H3/b10-8+,15-11-,28-22-,43-38?. The lowest BCUT2D eigenvalue weighted by Gasteiger charge is -2.40. The van der Waals surface area contributed by atoms with Gasteiger partial charge in [-0.3, -0.25) is 9.89 Å². The van der Waals surface area contributed by atoms with Crippen LogP contribution in [0.15, 0.2) is 70.1 Å². The van der Waals surface area contributed by atoms with Gasteiger partial charge in [-0.2, -0.15) is 0 Å². The maximum atomic E-state index is 6.40. The second kappa shape index (κ2) is 19.0. The van der Waals surface area contributed by atoms with Crippen LogP contribution < -0.4 is 16.5 Å². The Bertz CT molecular complexity index is 1320. The molecule has 1 unspecified atom stereocenters. The Morgan fingerprint density at radius 3 is 2.69 bits per heavy atom. The first-order valence-corrected chi connectivity index (χ1v) is 18.3. The fourth-order valence-corrected chi connectivity index (χ4v) is 7.41. The molecule has 0 radical (unpaired) electrons. The quantitative estimate of drug-likeness (QED) is 0.0514. The number of nitrogens with two attached hydrogens (primary N) is 2. The highest BCUT2D eigenvalue weighted by molar-refractivity contribution is 5.99. The van der Waals surface area contributed by atoms with Gasteiger partial charge in [0.1, 0.15) is 12.6 Å². The summed E-state index contributed by atoms with van der Waals surface area (Å²) >= 11 is 0. The molecule has 1 atom stereocenters. The fraction of sp³-hybridized carbons (Fsp3) is 0.590. The number of unbranched alkanes of at least 4 members (excludes halogenated alkanes) is 2. The number of amidine groups is 1. The third kappa shape index (κ3) is 9.83. The van der Waals surface area contributed by atoms with Crippen LogP contribution in [0.3, 0.4) is 0 Å². The number of aliphatic imine (C=N–C) groups is 2. The van der Waals surface area contributed by atoms with E-state index in [2.05, 4.69) is 96.6 Å². The van der Waals surface area contributed by atoms with E-state index in [1.807, 2.05) is 0 Å². The summed E-state index contributed by atoms with van der Waals surface area (Å²) in [4.78, 5) is 17.3. The van der Waals surface area contributed by atoms with Crippen LogP contribution >= 0.6 is 0 Å². The minimum atomic E-state index is 0.0785. The Morgan fingerprint density at radius 2 is 1.96 bits per heavy atom. The maximum Gasteiger partial charge on any atom is 0.139 e. The molecule has 2 fully saturated rings. The van der Waals surface area contributed by atoms with E-state index < -0.39 is 0 Å². The normalized spacial score (nSPS) is 21.9. The zero-order chi connectivity index (χ0) is 34.4.